The van der Waals surface area contributed by atoms with Crippen molar-refractivity contribution in [2.24, 2.45) is 29.4 Å². The summed E-state index contributed by atoms with van der Waals surface area (Å²) in [5.74, 6) is 4.01. The molecular formula is C17H32N2. The van der Waals surface area contributed by atoms with Gasteiger partial charge in [0.2, 0.25) is 0 Å². The highest BCUT2D eigenvalue weighted by Gasteiger charge is 2.46. The first-order valence-corrected chi connectivity index (χ1v) is 8.63. The summed E-state index contributed by atoms with van der Waals surface area (Å²) in [6.07, 6.45) is 11.6. The Morgan fingerprint density at radius 3 is 1.63 bits per heavy atom. The molecule has 1 aliphatic heterocycles. The van der Waals surface area contributed by atoms with Crippen molar-refractivity contribution >= 4 is 0 Å². The van der Waals surface area contributed by atoms with Crippen LogP contribution < -0.4 is 11.1 Å². The Balaban J connectivity index is 0.000000123. The molecule has 5 rings (SSSR count). The first-order valence-electron chi connectivity index (χ1n) is 8.63. The van der Waals surface area contributed by atoms with E-state index in [-0.39, 0.29) is 0 Å². The van der Waals surface area contributed by atoms with Gasteiger partial charge in [0.1, 0.15) is 0 Å². The van der Waals surface area contributed by atoms with Crippen LogP contribution in [0.25, 0.3) is 0 Å². The van der Waals surface area contributed by atoms with Crippen LogP contribution in [0.2, 0.25) is 0 Å². The van der Waals surface area contributed by atoms with Crippen LogP contribution in [-0.4, -0.2) is 18.1 Å². The van der Waals surface area contributed by atoms with E-state index < -0.39 is 0 Å². The molecule has 5 fully saturated rings. The van der Waals surface area contributed by atoms with E-state index in [4.69, 9.17) is 5.73 Å². The zero-order chi connectivity index (χ0) is 13.4. The lowest BCUT2D eigenvalue weighted by molar-refractivity contribution is 0.000349. The molecule has 2 heteroatoms. The normalized spacial score (nSPS) is 51.6. The lowest BCUT2D eigenvalue weighted by Crippen LogP contribution is -2.52. The van der Waals surface area contributed by atoms with Gasteiger partial charge in [-0.3, -0.25) is 0 Å². The van der Waals surface area contributed by atoms with E-state index >= 15 is 0 Å². The summed E-state index contributed by atoms with van der Waals surface area (Å²) in [7, 11) is 0. The average Bonchev–Trinajstić information content (AvgIpc) is 2.35. The molecule has 110 valence electrons. The van der Waals surface area contributed by atoms with Gasteiger partial charge in [-0.25, -0.2) is 0 Å². The van der Waals surface area contributed by atoms with E-state index in [2.05, 4.69) is 19.2 Å². The van der Waals surface area contributed by atoms with Gasteiger partial charge < -0.3 is 11.1 Å². The fraction of sp³-hybridized carbons (Fsp3) is 1.00. The molecule has 2 unspecified atom stereocenters. The number of rotatable bonds is 0. The summed E-state index contributed by atoms with van der Waals surface area (Å²) < 4.78 is 0. The lowest BCUT2D eigenvalue weighted by atomic mass is 9.54. The Morgan fingerprint density at radius 2 is 1.26 bits per heavy atom. The third-order valence-electron chi connectivity index (χ3n) is 6.14. The van der Waals surface area contributed by atoms with Crippen molar-refractivity contribution in [3.8, 4) is 0 Å². The minimum Gasteiger partial charge on any atom is -0.327 e. The fourth-order valence-corrected chi connectivity index (χ4v) is 5.35. The van der Waals surface area contributed by atoms with E-state index in [1.807, 2.05) is 0 Å². The maximum Gasteiger partial charge on any atom is 0.00960 e. The molecule has 4 saturated carbocycles. The van der Waals surface area contributed by atoms with Gasteiger partial charge in [0, 0.05) is 18.1 Å². The Hall–Kier alpha value is -0.0800. The smallest absolute Gasteiger partial charge is 0.00960 e. The van der Waals surface area contributed by atoms with Gasteiger partial charge in [-0.05, 0) is 82.5 Å². The molecule has 1 heterocycles. The van der Waals surface area contributed by atoms with Gasteiger partial charge in [0.25, 0.3) is 0 Å². The van der Waals surface area contributed by atoms with E-state index in [9.17, 15) is 0 Å². The summed E-state index contributed by atoms with van der Waals surface area (Å²) >= 11 is 0. The first-order chi connectivity index (χ1) is 9.11. The van der Waals surface area contributed by atoms with Gasteiger partial charge in [0.15, 0.2) is 0 Å². The van der Waals surface area contributed by atoms with Crippen molar-refractivity contribution in [2.75, 3.05) is 0 Å². The molecule has 0 aromatic heterocycles. The molecule has 2 atom stereocenters. The van der Waals surface area contributed by atoms with Crippen LogP contribution in [0.3, 0.4) is 0 Å². The fourth-order valence-electron chi connectivity index (χ4n) is 5.35. The van der Waals surface area contributed by atoms with Crippen molar-refractivity contribution in [2.45, 2.75) is 83.3 Å². The highest BCUT2D eigenvalue weighted by Crippen LogP contribution is 2.52. The third kappa shape index (κ3) is 3.16. The average molecular weight is 264 g/mol. The molecule has 0 radical (unpaired) electrons. The number of nitrogens with two attached hydrogens (primary N) is 1. The van der Waals surface area contributed by atoms with Crippen molar-refractivity contribution in [3.63, 3.8) is 0 Å². The van der Waals surface area contributed by atoms with Crippen molar-refractivity contribution in [1.82, 2.24) is 5.32 Å². The molecule has 2 nitrogen and oxygen atoms in total. The maximum absolute atomic E-state index is 6.17. The Labute approximate surface area is 118 Å². The summed E-state index contributed by atoms with van der Waals surface area (Å²) in [6, 6.07) is 2.11. The van der Waals surface area contributed by atoms with Gasteiger partial charge in [-0.2, -0.15) is 0 Å². The van der Waals surface area contributed by atoms with Crippen molar-refractivity contribution in [1.29, 1.82) is 0 Å². The standard InChI is InChI=1S/C10H17N.C7H15N/c11-10-8-2-6-1-7(4-8)5-9(10)3-6;1-6-4-3-5-7(2)8-6/h6-10H,1-5,11H2;6-8H,3-5H2,1-2H3. The summed E-state index contributed by atoms with van der Waals surface area (Å²) in [5.41, 5.74) is 6.17. The topological polar surface area (TPSA) is 38.0 Å². The van der Waals surface area contributed by atoms with Crippen LogP contribution in [0.4, 0.5) is 0 Å². The Bertz CT molecular complexity index is 266. The second-order valence-corrected chi connectivity index (χ2v) is 7.91. The minimum atomic E-state index is 0.586. The maximum atomic E-state index is 6.17. The van der Waals surface area contributed by atoms with Gasteiger partial charge in [-0.15, -0.1) is 0 Å². The van der Waals surface area contributed by atoms with Gasteiger partial charge in [-0.1, -0.05) is 6.42 Å². The SMILES string of the molecule is CC1CCCC(C)N1.NC1C2CC3CC(C2)CC1C3. The number of hydrogen-bond acceptors (Lipinski definition) is 2. The highest BCUT2D eigenvalue weighted by atomic mass is 14.9. The van der Waals surface area contributed by atoms with Crippen LogP contribution in [-0.2, 0) is 0 Å². The number of hydrogen-bond donors (Lipinski definition) is 2. The third-order valence-corrected chi connectivity index (χ3v) is 6.14. The Kier molecular flexibility index (Phi) is 4.19. The molecule has 0 spiro atoms. The molecule has 3 N–H and O–H groups in total. The number of piperidine rings is 1. The molecule has 4 bridgehead atoms. The zero-order valence-corrected chi connectivity index (χ0v) is 12.8. The van der Waals surface area contributed by atoms with Crippen LogP contribution in [0.1, 0.15) is 65.2 Å². The summed E-state index contributed by atoms with van der Waals surface area (Å²) in [5, 5.41) is 3.48. The lowest BCUT2D eigenvalue weighted by Gasteiger charge is -2.53. The quantitative estimate of drug-likeness (QED) is 0.704. The largest absolute Gasteiger partial charge is 0.327 e. The summed E-state index contributed by atoms with van der Waals surface area (Å²) in [4.78, 5) is 0. The van der Waals surface area contributed by atoms with Crippen LogP contribution >= 0.6 is 0 Å². The molecule has 1 saturated heterocycles. The molecular weight excluding hydrogens is 232 g/mol. The van der Waals surface area contributed by atoms with E-state index in [0.717, 1.165) is 35.8 Å². The second kappa shape index (κ2) is 5.73. The predicted octanol–water partition coefficient (Wildman–Crippen LogP) is 3.31. The zero-order valence-electron chi connectivity index (χ0n) is 12.8. The van der Waals surface area contributed by atoms with Crippen molar-refractivity contribution < 1.29 is 0 Å². The predicted molar refractivity (Wildman–Crippen MR) is 80.9 cm³/mol. The van der Waals surface area contributed by atoms with E-state index in [0.29, 0.717) is 6.04 Å². The van der Waals surface area contributed by atoms with Crippen molar-refractivity contribution in [3.05, 3.63) is 0 Å². The van der Waals surface area contributed by atoms with E-state index in [1.165, 1.54) is 44.9 Å². The molecule has 19 heavy (non-hydrogen) atoms. The monoisotopic (exact) mass is 264 g/mol. The molecule has 0 amide bonds. The molecule has 4 aliphatic carbocycles. The highest BCUT2D eigenvalue weighted by molar-refractivity contribution is 4.99. The summed E-state index contributed by atoms with van der Waals surface area (Å²) in [6.45, 7) is 4.52. The van der Waals surface area contributed by atoms with Crippen LogP contribution in [0.5, 0.6) is 0 Å². The van der Waals surface area contributed by atoms with Crippen LogP contribution in [0, 0.1) is 23.7 Å². The molecule has 0 aromatic rings. The number of nitrogens with one attached hydrogen (secondary N) is 1. The molecule has 0 aromatic carbocycles. The van der Waals surface area contributed by atoms with Gasteiger partial charge >= 0.3 is 0 Å². The minimum absolute atomic E-state index is 0.586. The van der Waals surface area contributed by atoms with E-state index in [1.54, 1.807) is 6.42 Å². The molecule has 5 aliphatic rings. The van der Waals surface area contributed by atoms with Gasteiger partial charge in [0.05, 0.1) is 0 Å². The first kappa shape index (κ1) is 13.9. The second-order valence-electron chi connectivity index (χ2n) is 7.91. The van der Waals surface area contributed by atoms with Crippen LogP contribution in [0.15, 0.2) is 0 Å². The Morgan fingerprint density at radius 1 is 0.789 bits per heavy atom.